The van der Waals surface area contributed by atoms with E-state index in [1.165, 1.54) is 11.3 Å². The molecule has 1 aromatic carbocycles. The standard InChI is InChI=1S/C15H18Cl2N2O2S/c1-4-21-6-5-19-13-11(17)7-10(16)8-12(13)22-15(19)18-14(20)9(2)3/h7-9H,4-6H2,1-3H3. The third kappa shape index (κ3) is 3.90. The number of hydrogen-bond acceptors (Lipinski definition) is 3. The molecule has 1 amide bonds. The molecule has 0 atom stereocenters. The van der Waals surface area contributed by atoms with Gasteiger partial charge in [0.25, 0.3) is 5.91 Å². The lowest BCUT2D eigenvalue weighted by atomic mass is 10.2. The molecule has 0 saturated carbocycles. The lowest BCUT2D eigenvalue weighted by Gasteiger charge is -2.07. The Labute approximate surface area is 143 Å². The predicted octanol–water partition coefficient (Wildman–Crippen LogP) is 4.13. The van der Waals surface area contributed by atoms with Crippen LogP contribution in [0.2, 0.25) is 10.0 Å². The first-order valence-electron chi connectivity index (χ1n) is 7.08. The summed E-state index contributed by atoms with van der Waals surface area (Å²) in [5.74, 6) is -0.302. The van der Waals surface area contributed by atoms with Crippen LogP contribution >= 0.6 is 34.5 Å². The van der Waals surface area contributed by atoms with Crippen molar-refractivity contribution in [3.8, 4) is 0 Å². The maximum absolute atomic E-state index is 12.0. The topological polar surface area (TPSA) is 43.6 Å². The highest BCUT2D eigenvalue weighted by molar-refractivity contribution is 7.16. The highest BCUT2D eigenvalue weighted by atomic mass is 35.5. The molecule has 0 spiro atoms. The van der Waals surface area contributed by atoms with E-state index in [1.54, 1.807) is 6.07 Å². The molecule has 120 valence electrons. The zero-order chi connectivity index (χ0) is 16.3. The highest BCUT2D eigenvalue weighted by Crippen LogP contribution is 2.29. The van der Waals surface area contributed by atoms with Gasteiger partial charge in [0.15, 0.2) is 4.80 Å². The molecule has 0 bridgehead atoms. The largest absolute Gasteiger partial charge is 0.380 e. The van der Waals surface area contributed by atoms with Crippen LogP contribution in [0.4, 0.5) is 0 Å². The first kappa shape index (κ1) is 17.5. The molecule has 1 heterocycles. The molecule has 0 aliphatic rings. The van der Waals surface area contributed by atoms with Crippen molar-refractivity contribution in [2.75, 3.05) is 13.2 Å². The zero-order valence-corrected chi connectivity index (χ0v) is 15.1. The minimum absolute atomic E-state index is 0.149. The summed E-state index contributed by atoms with van der Waals surface area (Å²) in [5.41, 5.74) is 0.839. The fourth-order valence-electron chi connectivity index (χ4n) is 1.95. The Balaban J connectivity index is 2.61. The van der Waals surface area contributed by atoms with Crippen molar-refractivity contribution in [1.82, 2.24) is 4.57 Å². The van der Waals surface area contributed by atoms with Gasteiger partial charge in [-0.3, -0.25) is 4.79 Å². The summed E-state index contributed by atoms with van der Waals surface area (Å²) in [4.78, 5) is 16.8. The van der Waals surface area contributed by atoms with Crippen LogP contribution in [0.3, 0.4) is 0 Å². The van der Waals surface area contributed by atoms with E-state index in [2.05, 4.69) is 4.99 Å². The number of ether oxygens (including phenoxy) is 1. The van der Waals surface area contributed by atoms with Crippen LogP contribution in [0.1, 0.15) is 20.8 Å². The molecular weight excluding hydrogens is 343 g/mol. The van der Waals surface area contributed by atoms with Crippen LogP contribution < -0.4 is 4.80 Å². The third-order valence-electron chi connectivity index (χ3n) is 3.06. The Hall–Kier alpha value is -0.880. The first-order valence-corrected chi connectivity index (χ1v) is 8.66. The van der Waals surface area contributed by atoms with E-state index in [4.69, 9.17) is 27.9 Å². The molecule has 0 radical (unpaired) electrons. The molecule has 0 saturated heterocycles. The van der Waals surface area contributed by atoms with E-state index >= 15 is 0 Å². The second-order valence-electron chi connectivity index (χ2n) is 5.07. The average Bonchev–Trinajstić information content (AvgIpc) is 2.76. The second-order valence-corrected chi connectivity index (χ2v) is 6.93. The SMILES string of the molecule is CCOCCn1c(=NC(=O)C(C)C)sc2cc(Cl)cc(Cl)c21. The molecule has 0 N–H and O–H groups in total. The number of rotatable bonds is 5. The number of carbonyl (C=O) groups is 1. The van der Waals surface area contributed by atoms with Gasteiger partial charge in [0.1, 0.15) is 0 Å². The molecule has 2 rings (SSSR count). The number of amides is 1. The van der Waals surface area contributed by atoms with Crippen LogP contribution in [0.25, 0.3) is 10.2 Å². The van der Waals surface area contributed by atoms with Gasteiger partial charge in [-0.05, 0) is 19.1 Å². The van der Waals surface area contributed by atoms with Crippen LogP contribution in [0, 0.1) is 5.92 Å². The minimum Gasteiger partial charge on any atom is -0.380 e. The van der Waals surface area contributed by atoms with E-state index in [0.717, 1.165) is 10.2 Å². The Morgan fingerprint density at radius 2 is 2.14 bits per heavy atom. The maximum atomic E-state index is 12.0. The fraction of sp³-hybridized carbons (Fsp3) is 0.467. The van der Waals surface area contributed by atoms with Crippen LogP contribution in [0.15, 0.2) is 17.1 Å². The number of carbonyl (C=O) groups excluding carboxylic acids is 1. The predicted molar refractivity (Wildman–Crippen MR) is 91.7 cm³/mol. The summed E-state index contributed by atoms with van der Waals surface area (Å²) >= 11 is 13.8. The molecule has 7 heteroatoms. The van der Waals surface area contributed by atoms with Crippen molar-refractivity contribution >= 4 is 50.7 Å². The summed E-state index contributed by atoms with van der Waals surface area (Å²) in [7, 11) is 0. The molecule has 0 unspecified atom stereocenters. The molecule has 1 aromatic heterocycles. The van der Waals surface area contributed by atoms with Crippen molar-refractivity contribution in [3.63, 3.8) is 0 Å². The van der Waals surface area contributed by atoms with Gasteiger partial charge in [-0.15, -0.1) is 0 Å². The van der Waals surface area contributed by atoms with Gasteiger partial charge in [0, 0.05) is 24.1 Å². The number of benzene rings is 1. The third-order valence-corrected chi connectivity index (χ3v) is 4.59. The molecule has 22 heavy (non-hydrogen) atoms. The van der Waals surface area contributed by atoms with Crippen molar-refractivity contribution in [3.05, 3.63) is 27.0 Å². The highest BCUT2D eigenvalue weighted by Gasteiger charge is 2.13. The van der Waals surface area contributed by atoms with Gasteiger partial charge in [-0.1, -0.05) is 48.4 Å². The van der Waals surface area contributed by atoms with E-state index < -0.39 is 0 Å². The lowest BCUT2D eigenvalue weighted by molar-refractivity contribution is -0.120. The van der Waals surface area contributed by atoms with Crippen molar-refractivity contribution in [2.24, 2.45) is 10.9 Å². The Morgan fingerprint density at radius 1 is 1.41 bits per heavy atom. The average molecular weight is 361 g/mol. The molecule has 4 nitrogen and oxygen atoms in total. The van der Waals surface area contributed by atoms with Gasteiger partial charge in [0.05, 0.1) is 21.8 Å². The van der Waals surface area contributed by atoms with Crippen molar-refractivity contribution in [1.29, 1.82) is 0 Å². The molecule has 0 fully saturated rings. The van der Waals surface area contributed by atoms with E-state index in [1.807, 2.05) is 31.4 Å². The number of aromatic nitrogens is 1. The number of hydrogen-bond donors (Lipinski definition) is 0. The number of fused-ring (bicyclic) bond motifs is 1. The summed E-state index contributed by atoms with van der Waals surface area (Å²) in [6.07, 6.45) is 0. The van der Waals surface area contributed by atoms with Gasteiger partial charge < -0.3 is 9.30 Å². The minimum atomic E-state index is -0.154. The van der Waals surface area contributed by atoms with Crippen molar-refractivity contribution in [2.45, 2.75) is 27.3 Å². The monoisotopic (exact) mass is 360 g/mol. The van der Waals surface area contributed by atoms with Crippen LogP contribution in [-0.4, -0.2) is 23.7 Å². The van der Waals surface area contributed by atoms with E-state index in [-0.39, 0.29) is 11.8 Å². The van der Waals surface area contributed by atoms with Gasteiger partial charge in [-0.2, -0.15) is 4.99 Å². The Morgan fingerprint density at radius 3 is 2.77 bits per heavy atom. The van der Waals surface area contributed by atoms with E-state index in [9.17, 15) is 4.79 Å². The first-order chi connectivity index (χ1) is 10.4. The lowest BCUT2D eigenvalue weighted by Crippen LogP contribution is -2.21. The van der Waals surface area contributed by atoms with Gasteiger partial charge in [0.2, 0.25) is 0 Å². The van der Waals surface area contributed by atoms with Gasteiger partial charge in [-0.25, -0.2) is 0 Å². The van der Waals surface area contributed by atoms with Crippen LogP contribution in [-0.2, 0) is 16.1 Å². The number of nitrogens with zero attached hydrogens (tertiary/aromatic N) is 2. The maximum Gasteiger partial charge on any atom is 0.250 e. The summed E-state index contributed by atoms with van der Waals surface area (Å²) in [6.45, 7) is 7.35. The van der Waals surface area contributed by atoms with Crippen molar-refractivity contribution < 1.29 is 9.53 Å². The number of thiazole rings is 1. The molecule has 0 aliphatic carbocycles. The molecule has 0 aliphatic heterocycles. The fourth-order valence-corrected chi connectivity index (χ4v) is 3.79. The van der Waals surface area contributed by atoms with E-state index in [0.29, 0.717) is 34.6 Å². The molecular formula is C15H18Cl2N2O2S. The van der Waals surface area contributed by atoms with Gasteiger partial charge >= 0.3 is 0 Å². The molecule has 2 aromatic rings. The number of halogens is 2. The summed E-state index contributed by atoms with van der Waals surface area (Å²) in [6, 6.07) is 3.53. The Kier molecular flexibility index (Phi) is 6.03. The smallest absolute Gasteiger partial charge is 0.250 e. The summed E-state index contributed by atoms with van der Waals surface area (Å²) in [5, 5.41) is 1.12. The Bertz CT molecular complexity index is 750. The zero-order valence-electron chi connectivity index (χ0n) is 12.7. The van der Waals surface area contributed by atoms with Crippen LogP contribution in [0.5, 0.6) is 0 Å². The quantitative estimate of drug-likeness (QED) is 0.752. The second kappa shape index (κ2) is 7.59. The normalized spacial score (nSPS) is 12.5. The summed E-state index contributed by atoms with van der Waals surface area (Å²) < 4.78 is 8.25.